The van der Waals surface area contributed by atoms with Crippen molar-refractivity contribution in [3.63, 3.8) is 0 Å². The molecule has 2 aromatic heterocycles. The topological polar surface area (TPSA) is 92.8 Å². The first-order valence-corrected chi connectivity index (χ1v) is 8.39. The van der Waals surface area contributed by atoms with Crippen LogP contribution in [0.3, 0.4) is 0 Å². The van der Waals surface area contributed by atoms with E-state index in [4.69, 9.17) is 16.3 Å². The molecule has 1 aliphatic heterocycles. The minimum absolute atomic E-state index is 0.118. The Morgan fingerprint density at radius 2 is 2.25 bits per heavy atom. The van der Waals surface area contributed by atoms with Crippen molar-refractivity contribution in [3.05, 3.63) is 40.7 Å². The Morgan fingerprint density at radius 1 is 1.46 bits per heavy atom. The number of carbonyl (C=O) groups is 1. The molecule has 1 amide bonds. The molecule has 7 nitrogen and oxygen atoms in total. The van der Waals surface area contributed by atoms with Crippen LogP contribution >= 0.6 is 11.6 Å². The minimum Gasteiger partial charge on any atom is -0.381 e. The van der Waals surface area contributed by atoms with Gasteiger partial charge in [-0.1, -0.05) is 17.7 Å². The Hall–Kier alpha value is -1.99. The van der Waals surface area contributed by atoms with Crippen LogP contribution in [0, 0.1) is 0 Å². The number of H-pyrrole nitrogens is 1. The average molecular weight is 350 g/mol. The van der Waals surface area contributed by atoms with Crippen molar-refractivity contribution in [1.29, 1.82) is 0 Å². The summed E-state index contributed by atoms with van der Waals surface area (Å²) in [6.07, 6.45) is 3.67. The molecule has 8 heteroatoms. The van der Waals surface area contributed by atoms with Crippen LogP contribution in [0.25, 0.3) is 0 Å². The van der Waals surface area contributed by atoms with Crippen LogP contribution in [0.1, 0.15) is 48.9 Å². The summed E-state index contributed by atoms with van der Waals surface area (Å²) in [5.74, 6) is 1.55. The number of nitrogens with zero attached hydrogens (tertiary/aromatic N) is 3. The smallest absolute Gasteiger partial charge is 0.228 e. The normalized spacial score (nSPS) is 16.8. The molecule has 1 fully saturated rings. The van der Waals surface area contributed by atoms with Gasteiger partial charge in [0.2, 0.25) is 5.91 Å². The molecule has 0 radical (unpaired) electrons. The predicted molar refractivity (Wildman–Crippen MR) is 88.7 cm³/mol. The Bertz CT molecular complexity index is 682. The zero-order valence-corrected chi connectivity index (χ0v) is 14.2. The Balaban J connectivity index is 1.54. The van der Waals surface area contributed by atoms with Crippen LogP contribution in [0.4, 0.5) is 0 Å². The molecule has 2 N–H and O–H groups in total. The number of halogens is 1. The van der Waals surface area contributed by atoms with E-state index in [1.165, 1.54) is 0 Å². The van der Waals surface area contributed by atoms with Crippen molar-refractivity contribution in [2.75, 3.05) is 13.2 Å². The minimum atomic E-state index is -0.153. The third kappa shape index (κ3) is 4.30. The lowest BCUT2D eigenvalue weighted by Gasteiger charge is -2.18. The van der Waals surface area contributed by atoms with Crippen LogP contribution in [0.15, 0.2) is 18.3 Å². The van der Waals surface area contributed by atoms with E-state index in [9.17, 15) is 4.79 Å². The maximum absolute atomic E-state index is 12.2. The van der Waals surface area contributed by atoms with Gasteiger partial charge in [0.15, 0.2) is 5.82 Å². The van der Waals surface area contributed by atoms with Crippen molar-refractivity contribution < 1.29 is 9.53 Å². The van der Waals surface area contributed by atoms with Gasteiger partial charge in [0.25, 0.3) is 0 Å². The monoisotopic (exact) mass is 349 g/mol. The van der Waals surface area contributed by atoms with Crippen molar-refractivity contribution in [3.8, 4) is 0 Å². The Morgan fingerprint density at radius 3 is 2.96 bits per heavy atom. The van der Waals surface area contributed by atoms with Crippen LogP contribution < -0.4 is 5.32 Å². The highest BCUT2D eigenvalue weighted by molar-refractivity contribution is 6.29. The van der Waals surface area contributed by atoms with E-state index in [2.05, 4.69) is 25.5 Å². The highest BCUT2D eigenvalue weighted by Gasteiger charge is 2.21. The first kappa shape index (κ1) is 16.9. The molecule has 128 valence electrons. The van der Waals surface area contributed by atoms with E-state index in [0.29, 0.717) is 16.9 Å². The Labute approximate surface area is 145 Å². The summed E-state index contributed by atoms with van der Waals surface area (Å²) in [7, 11) is 0. The van der Waals surface area contributed by atoms with Gasteiger partial charge in [-0.25, -0.2) is 9.97 Å². The quantitative estimate of drug-likeness (QED) is 0.807. The predicted octanol–water partition coefficient (Wildman–Crippen LogP) is 2.17. The number of carbonyl (C=O) groups excluding carboxylic acids is 1. The van der Waals surface area contributed by atoms with E-state index >= 15 is 0 Å². The summed E-state index contributed by atoms with van der Waals surface area (Å²) >= 11 is 5.77. The third-order valence-electron chi connectivity index (χ3n) is 4.09. The van der Waals surface area contributed by atoms with Gasteiger partial charge in [-0.15, -0.1) is 0 Å². The first-order chi connectivity index (χ1) is 11.6. The van der Waals surface area contributed by atoms with E-state index in [-0.39, 0.29) is 18.4 Å². The summed E-state index contributed by atoms with van der Waals surface area (Å²) in [5, 5.41) is 10.5. The van der Waals surface area contributed by atoms with E-state index in [1.54, 1.807) is 12.3 Å². The zero-order chi connectivity index (χ0) is 16.9. The maximum atomic E-state index is 12.2. The third-order valence-corrected chi connectivity index (χ3v) is 4.31. The van der Waals surface area contributed by atoms with Crippen molar-refractivity contribution in [2.24, 2.45) is 0 Å². The average Bonchev–Trinajstić information content (AvgIpc) is 3.04. The summed E-state index contributed by atoms with van der Waals surface area (Å²) in [6, 6.07) is 3.40. The molecule has 0 aliphatic carbocycles. The van der Waals surface area contributed by atoms with Gasteiger partial charge in [-0.05, 0) is 31.4 Å². The lowest BCUT2D eigenvalue weighted by molar-refractivity contribution is -0.121. The summed E-state index contributed by atoms with van der Waals surface area (Å²) in [6.45, 7) is 3.37. The second-order valence-electron chi connectivity index (χ2n) is 5.91. The molecule has 3 heterocycles. The van der Waals surface area contributed by atoms with Crippen LogP contribution in [-0.4, -0.2) is 39.3 Å². The second-order valence-corrected chi connectivity index (χ2v) is 6.29. The van der Waals surface area contributed by atoms with Crippen molar-refractivity contribution in [1.82, 2.24) is 25.5 Å². The molecule has 1 unspecified atom stereocenters. The number of rotatable bonds is 5. The zero-order valence-electron chi connectivity index (χ0n) is 13.5. The van der Waals surface area contributed by atoms with Gasteiger partial charge in [0, 0.05) is 25.3 Å². The molecular formula is C16H20ClN5O2. The van der Waals surface area contributed by atoms with Gasteiger partial charge >= 0.3 is 0 Å². The maximum Gasteiger partial charge on any atom is 0.228 e. The molecule has 0 aromatic carbocycles. The van der Waals surface area contributed by atoms with Gasteiger partial charge in [0.1, 0.15) is 11.0 Å². The van der Waals surface area contributed by atoms with Gasteiger partial charge in [-0.3, -0.25) is 9.89 Å². The SMILES string of the molecule is CC(NC(=O)Cc1nc(C2CCOCC2)n[nH]1)c1ccc(Cl)nc1. The molecule has 2 aromatic rings. The number of aromatic amines is 1. The van der Waals surface area contributed by atoms with Crippen LogP contribution in [0.2, 0.25) is 5.15 Å². The molecule has 0 saturated carbocycles. The van der Waals surface area contributed by atoms with Crippen LogP contribution in [-0.2, 0) is 16.0 Å². The van der Waals surface area contributed by atoms with Crippen molar-refractivity contribution >= 4 is 17.5 Å². The van der Waals surface area contributed by atoms with Gasteiger partial charge in [-0.2, -0.15) is 5.10 Å². The standard InChI is InChI=1S/C16H20ClN5O2/c1-10(12-2-3-13(17)18-9-12)19-15(23)8-14-20-16(22-21-14)11-4-6-24-7-5-11/h2-3,9-11H,4-8H2,1H3,(H,19,23)(H,20,21,22). The van der Waals surface area contributed by atoms with Crippen molar-refractivity contribution in [2.45, 2.75) is 38.1 Å². The lowest BCUT2D eigenvalue weighted by atomic mass is 10.00. The molecule has 1 aliphatic rings. The molecule has 1 saturated heterocycles. The van der Waals surface area contributed by atoms with Crippen LogP contribution in [0.5, 0.6) is 0 Å². The first-order valence-electron chi connectivity index (χ1n) is 8.01. The number of ether oxygens (including phenoxy) is 1. The molecule has 3 rings (SSSR count). The fraction of sp³-hybridized carbons (Fsp3) is 0.500. The number of hydrogen-bond acceptors (Lipinski definition) is 5. The molecule has 0 bridgehead atoms. The second kappa shape index (κ2) is 7.72. The summed E-state index contributed by atoms with van der Waals surface area (Å²) in [5.41, 5.74) is 0.896. The number of pyridine rings is 1. The summed E-state index contributed by atoms with van der Waals surface area (Å²) in [4.78, 5) is 20.7. The fourth-order valence-corrected chi connectivity index (χ4v) is 2.81. The highest BCUT2D eigenvalue weighted by atomic mass is 35.5. The number of nitrogens with one attached hydrogen (secondary N) is 2. The largest absolute Gasteiger partial charge is 0.381 e. The number of aromatic nitrogens is 4. The number of amides is 1. The fourth-order valence-electron chi connectivity index (χ4n) is 2.70. The lowest BCUT2D eigenvalue weighted by Crippen LogP contribution is -2.28. The Kier molecular flexibility index (Phi) is 5.42. The van der Waals surface area contributed by atoms with E-state index < -0.39 is 0 Å². The highest BCUT2D eigenvalue weighted by Crippen LogP contribution is 2.23. The van der Waals surface area contributed by atoms with E-state index in [1.807, 2.05) is 13.0 Å². The number of hydrogen-bond donors (Lipinski definition) is 2. The molecule has 1 atom stereocenters. The van der Waals surface area contributed by atoms with E-state index in [0.717, 1.165) is 37.4 Å². The van der Waals surface area contributed by atoms with Gasteiger partial charge in [0.05, 0.1) is 12.5 Å². The molecular weight excluding hydrogens is 330 g/mol. The molecule has 24 heavy (non-hydrogen) atoms. The molecule has 0 spiro atoms. The summed E-state index contributed by atoms with van der Waals surface area (Å²) < 4.78 is 5.34. The van der Waals surface area contributed by atoms with Gasteiger partial charge < -0.3 is 10.1 Å².